The number of likely N-dealkylation sites (N-methyl/N-ethyl adjacent to an activating group) is 1. The van der Waals surface area contributed by atoms with Gasteiger partial charge in [0.2, 0.25) is 5.91 Å². The molecule has 0 bridgehead atoms. The van der Waals surface area contributed by atoms with Crippen LogP contribution in [-0.4, -0.2) is 85.6 Å². The van der Waals surface area contributed by atoms with Crippen molar-refractivity contribution in [2.75, 3.05) is 52.9 Å². The van der Waals surface area contributed by atoms with Crippen molar-refractivity contribution in [2.45, 2.75) is 58.0 Å². The van der Waals surface area contributed by atoms with Crippen LogP contribution in [0.1, 0.15) is 46.0 Å². The topological polar surface area (TPSA) is 38.8 Å². The van der Waals surface area contributed by atoms with Gasteiger partial charge in [0, 0.05) is 51.4 Å². The van der Waals surface area contributed by atoms with Crippen molar-refractivity contribution in [3.63, 3.8) is 0 Å². The van der Waals surface area contributed by atoms with Gasteiger partial charge in [-0.15, -0.1) is 0 Å². The second-order valence-electron chi connectivity index (χ2n) is 8.77. The summed E-state index contributed by atoms with van der Waals surface area (Å²) in [5, 5.41) is 3.93. The molecule has 1 amide bonds. The predicted octanol–water partition coefficient (Wildman–Crippen LogP) is 1.64. The zero-order valence-electron chi connectivity index (χ0n) is 16.5. The summed E-state index contributed by atoms with van der Waals surface area (Å²) in [4.78, 5) is 19.3. The van der Waals surface area contributed by atoms with E-state index in [-0.39, 0.29) is 0 Å². The van der Waals surface area contributed by atoms with Gasteiger partial charge in [0.1, 0.15) is 0 Å². The second-order valence-corrected chi connectivity index (χ2v) is 8.77. The summed E-state index contributed by atoms with van der Waals surface area (Å²) in [6, 6.07) is 1.28. The molecule has 5 nitrogen and oxygen atoms in total. The average Bonchev–Trinajstić information content (AvgIpc) is 2.61. The molecule has 0 spiro atoms. The molecule has 144 valence electrons. The maximum absolute atomic E-state index is 12.6. The van der Waals surface area contributed by atoms with Gasteiger partial charge >= 0.3 is 0 Å². The van der Waals surface area contributed by atoms with Gasteiger partial charge in [-0.2, -0.15) is 0 Å². The van der Waals surface area contributed by atoms with Crippen molar-refractivity contribution in [1.29, 1.82) is 0 Å². The first kappa shape index (κ1) is 19.1. The Labute approximate surface area is 154 Å². The summed E-state index contributed by atoms with van der Waals surface area (Å²) in [7, 11) is 2.16. The van der Waals surface area contributed by atoms with Crippen molar-refractivity contribution in [3.05, 3.63) is 0 Å². The first-order valence-corrected chi connectivity index (χ1v) is 10.5. The highest BCUT2D eigenvalue weighted by atomic mass is 16.2. The fraction of sp³-hybridized carbons (Fsp3) is 0.950. The summed E-state index contributed by atoms with van der Waals surface area (Å²) in [5.41, 5.74) is 0. The molecule has 2 aliphatic heterocycles. The Morgan fingerprint density at radius 1 is 0.960 bits per heavy atom. The second kappa shape index (κ2) is 8.83. The van der Waals surface area contributed by atoms with Gasteiger partial charge in [-0.05, 0) is 38.1 Å². The highest BCUT2D eigenvalue weighted by Gasteiger charge is 2.31. The van der Waals surface area contributed by atoms with Gasteiger partial charge in [0.05, 0.1) is 6.54 Å². The molecule has 3 aliphatic rings. The molecule has 1 N–H and O–H groups in total. The minimum Gasteiger partial charge on any atom is -0.341 e. The maximum atomic E-state index is 12.6. The van der Waals surface area contributed by atoms with Crippen LogP contribution in [-0.2, 0) is 4.79 Å². The van der Waals surface area contributed by atoms with Crippen LogP contribution in [0.25, 0.3) is 0 Å². The van der Waals surface area contributed by atoms with Crippen LogP contribution in [0.2, 0.25) is 0 Å². The summed E-state index contributed by atoms with van der Waals surface area (Å²) in [6.45, 7) is 11.5. The van der Waals surface area contributed by atoms with Crippen LogP contribution in [0.5, 0.6) is 0 Å². The third-order valence-corrected chi connectivity index (χ3v) is 6.96. The maximum Gasteiger partial charge on any atom is 0.236 e. The molecular weight excluding hydrogens is 312 g/mol. The normalized spacial score (nSPS) is 33.6. The number of hydrogen-bond acceptors (Lipinski definition) is 4. The Balaban J connectivity index is 1.38. The number of amides is 1. The Hall–Kier alpha value is -0.650. The Morgan fingerprint density at radius 2 is 1.64 bits per heavy atom. The van der Waals surface area contributed by atoms with Crippen molar-refractivity contribution in [1.82, 2.24) is 20.0 Å². The van der Waals surface area contributed by atoms with Crippen LogP contribution >= 0.6 is 0 Å². The molecule has 0 aromatic rings. The lowest BCUT2D eigenvalue weighted by atomic mass is 9.77. The van der Waals surface area contributed by atoms with Crippen molar-refractivity contribution >= 4 is 5.91 Å². The van der Waals surface area contributed by atoms with Crippen LogP contribution in [0.15, 0.2) is 0 Å². The number of likely N-dealkylation sites (tertiary alicyclic amines) is 1. The van der Waals surface area contributed by atoms with Gasteiger partial charge in [0.15, 0.2) is 0 Å². The highest BCUT2D eigenvalue weighted by Crippen LogP contribution is 2.30. The molecular formula is C20H38N4O. The lowest BCUT2D eigenvalue weighted by Gasteiger charge is -2.40. The zero-order valence-corrected chi connectivity index (χ0v) is 16.5. The van der Waals surface area contributed by atoms with E-state index >= 15 is 0 Å². The van der Waals surface area contributed by atoms with Gasteiger partial charge in [-0.25, -0.2) is 0 Å². The van der Waals surface area contributed by atoms with E-state index < -0.39 is 0 Å². The fourth-order valence-corrected chi connectivity index (χ4v) is 4.71. The Kier molecular flexibility index (Phi) is 6.75. The first-order valence-electron chi connectivity index (χ1n) is 10.5. The standard InChI is InChI=1S/C20H38N4O/c1-16-5-4-6-19(17(16)2)21-18-7-9-24(10-8-18)20(25)15-23-13-11-22(3)12-14-23/h16-19,21H,4-15H2,1-3H3. The molecule has 5 heteroatoms. The lowest BCUT2D eigenvalue weighted by Crippen LogP contribution is -2.53. The SMILES string of the molecule is CC1CCCC(NC2CCN(C(=O)CN3CCN(C)CC3)CC2)C1C. The molecule has 3 unspecified atom stereocenters. The van der Waals surface area contributed by atoms with E-state index in [1.54, 1.807) is 0 Å². The minimum absolute atomic E-state index is 0.336. The summed E-state index contributed by atoms with van der Waals surface area (Å²) < 4.78 is 0. The first-order chi connectivity index (χ1) is 12.0. The largest absolute Gasteiger partial charge is 0.341 e. The van der Waals surface area contributed by atoms with E-state index in [0.29, 0.717) is 24.5 Å². The van der Waals surface area contributed by atoms with Gasteiger partial charge in [0.25, 0.3) is 0 Å². The molecule has 3 fully saturated rings. The van der Waals surface area contributed by atoms with Crippen LogP contribution in [0.4, 0.5) is 0 Å². The van der Waals surface area contributed by atoms with Crippen molar-refractivity contribution in [3.8, 4) is 0 Å². The third-order valence-electron chi connectivity index (χ3n) is 6.96. The third kappa shape index (κ3) is 5.18. The number of carbonyl (C=O) groups is 1. The lowest BCUT2D eigenvalue weighted by molar-refractivity contribution is -0.134. The highest BCUT2D eigenvalue weighted by molar-refractivity contribution is 5.78. The Morgan fingerprint density at radius 3 is 2.32 bits per heavy atom. The summed E-state index contributed by atoms with van der Waals surface area (Å²) in [5.74, 6) is 1.96. The van der Waals surface area contributed by atoms with Crippen LogP contribution in [0, 0.1) is 11.8 Å². The minimum atomic E-state index is 0.336. The monoisotopic (exact) mass is 350 g/mol. The van der Waals surface area contributed by atoms with E-state index in [9.17, 15) is 4.79 Å². The number of nitrogens with zero attached hydrogens (tertiary/aromatic N) is 3. The molecule has 0 radical (unpaired) electrons. The Bertz CT molecular complexity index is 427. The van der Waals surface area contributed by atoms with Crippen LogP contribution < -0.4 is 5.32 Å². The summed E-state index contributed by atoms with van der Waals surface area (Å²) in [6.07, 6.45) is 6.32. The smallest absolute Gasteiger partial charge is 0.236 e. The molecule has 0 aromatic heterocycles. The molecule has 0 aromatic carbocycles. The van der Waals surface area contributed by atoms with Crippen molar-refractivity contribution < 1.29 is 4.79 Å². The van der Waals surface area contributed by atoms with E-state index in [0.717, 1.165) is 63.9 Å². The average molecular weight is 351 g/mol. The number of hydrogen-bond donors (Lipinski definition) is 1. The predicted molar refractivity (Wildman–Crippen MR) is 103 cm³/mol. The molecule has 2 heterocycles. The molecule has 1 saturated carbocycles. The number of carbonyl (C=O) groups excluding carboxylic acids is 1. The van der Waals surface area contributed by atoms with Gasteiger partial charge < -0.3 is 15.1 Å². The van der Waals surface area contributed by atoms with Crippen LogP contribution in [0.3, 0.4) is 0 Å². The zero-order chi connectivity index (χ0) is 17.8. The molecule has 3 atom stereocenters. The quantitative estimate of drug-likeness (QED) is 0.837. The number of nitrogens with one attached hydrogen (secondary N) is 1. The molecule has 2 saturated heterocycles. The fourth-order valence-electron chi connectivity index (χ4n) is 4.71. The molecule has 25 heavy (non-hydrogen) atoms. The number of piperidine rings is 1. The van der Waals surface area contributed by atoms with E-state index in [2.05, 4.69) is 40.9 Å². The number of rotatable bonds is 4. The van der Waals surface area contributed by atoms with E-state index in [1.807, 2.05) is 0 Å². The number of piperazine rings is 1. The van der Waals surface area contributed by atoms with Crippen molar-refractivity contribution in [2.24, 2.45) is 11.8 Å². The molecule has 1 aliphatic carbocycles. The van der Waals surface area contributed by atoms with Gasteiger partial charge in [-0.1, -0.05) is 26.7 Å². The summed E-state index contributed by atoms with van der Waals surface area (Å²) >= 11 is 0. The van der Waals surface area contributed by atoms with E-state index in [4.69, 9.17) is 0 Å². The molecule has 3 rings (SSSR count). The van der Waals surface area contributed by atoms with E-state index in [1.165, 1.54) is 19.3 Å². The van der Waals surface area contributed by atoms with Gasteiger partial charge in [-0.3, -0.25) is 9.69 Å².